The topological polar surface area (TPSA) is 47.6 Å². The number of carbonyl (C=O) groups is 1. The van der Waals surface area contributed by atoms with Gasteiger partial charge in [-0.2, -0.15) is 0 Å². The number of hydrogen-bond acceptors (Lipinski definition) is 4. The molecule has 0 aliphatic heterocycles. The summed E-state index contributed by atoms with van der Waals surface area (Å²) in [6.07, 6.45) is 1.71. The van der Waals surface area contributed by atoms with E-state index in [-0.39, 0.29) is 12.0 Å². The van der Waals surface area contributed by atoms with Gasteiger partial charge in [-0.1, -0.05) is 30.3 Å². The van der Waals surface area contributed by atoms with Gasteiger partial charge in [0.15, 0.2) is 0 Å². The Hall–Kier alpha value is -2.49. The van der Waals surface area contributed by atoms with E-state index in [1.807, 2.05) is 63.2 Å². The Morgan fingerprint density at radius 2 is 1.73 bits per heavy atom. The van der Waals surface area contributed by atoms with E-state index >= 15 is 0 Å². The van der Waals surface area contributed by atoms with Crippen molar-refractivity contribution in [2.75, 3.05) is 19.0 Å². The smallest absolute Gasteiger partial charge is 0.313 e. The molecule has 0 aliphatic carbocycles. The lowest BCUT2D eigenvalue weighted by Gasteiger charge is -2.33. The summed E-state index contributed by atoms with van der Waals surface area (Å²) in [5, 5.41) is 3.52. The highest BCUT2D eigenvalue weighted by Gasteiger charge is 2.38. The Bertz CT molecular complexity index is 680. The summed E-state index contributed by atoms with van der Waals surface area (Å²) in [5.74, 6) is 0.625. The van der Waals surface area contributed by atoms with Gasteiger partial charge >= 0.3 is 5.97 Å². The number of carbonyl (C=O) groups excluding carboxylic acids is 1. The number of rotatable bonds is 9. The molecule has 0 amide bonds. The Balaban J connectivity index is 2.17. The van der Waals surface area contributed by atoms with E-state index in [2.05, 4.69) is 17.4 Å². The standard InChI is InChI=1S/C22H29NO3/c1-5-26-21(24)22(2,3)20(16-11-17-9-7-6-8-10-17)23-18-12-14-19(25-4)15-13-18/h6-10,12-15,20,23H,5,11,16H2,1-4H3. The zero-order valence-corrected chi connectivity index (χ0v) is 16.1. The average Bonchev–Trinajstić information content (AvgIpc) is 2.66. The van der Waals surface area contributed by atoms with Gasteiger partial charge in [0.2, 0.25) is 0 Å². The van der Waals surface area contributed by atoms with Gasteiger partial charge in [-0.3, -0.25) is 4.79 Å². The molecule has 4 nitrogen and oxygen atoms in total. The summed E-state index contributed by atoms with van der Waals surface area (Å²) in [6, 6.07) is 18.0. The van der Waals surface area contributed by atoms with Crippen LogP contribution in [0.15, 0.2) is 54.6 Å². The zero-order chi connectivity index (χ0) is 19.0. The van der Waals surface area contributed by atoms with Crippen LogP contribution in [0.25, 0.3) is 0 Å². The molecule has 0 saturated heterocycles. The van der Waals surface area contributed by atoms with E-state index in [0.29, 0.717) is 6.61 Å². The molecule has 0 saturated carbocycles. The van der Waals surface area contributed by atoms with Crippen LogP contribution in [0.3, 0.4) is 0 Å². The van der Waals surface area contributed by atoms with Crippen molar-refractivity contribution in [1.82, 2.24) is 0 Å². The molecule has 1 atom stereocenters. The summed E-state index contributed by atoms with van der Waals surface area (Å²) in [4.78, 5) is 12.5. The molecule has 0 spiro atoms. The third kappa shape index (κ3) is 5.25. The van der Waals surface area contributed by atoms with Crippen molar-refractivity contribution in [1.29, 1.82) is 0 Å². The van der Waals surface area contributed by atoms with Crippen LogP contribution in [0, 0.1) is 5.41 Å². The third-order valence-corrected chi connectivity index (χ3v) is 4.67. The Morgan fingerprint density at radius 1 is 1.08 bits per heavy atom. The maximum absolute atomic E-state index is 12.5. The number of anilines is 1. The lowest BCUT2D eigenvalue weighted by Crippen LogP contribution is -2.43. The molecule has 0 fully saturated rings. The fraction of sp³-hybridized carbons (Fsp3) is 0.409. The molecule has 4 heteroatoms. The van der Waals surface area contributed by atoms with Crippen LogP contribution in [0.1, 0.15) is 32.8 Å². The molecule has 0 aliphatic rings. The van der Waals surface area contributed by atoms with Crippen molar-refractivity contribution in [2.24, 2.45) is 5.41 Å². The second-order valence-electron chi connectivity index (χ2n) is 6.89. The van der Waals surface area contributed by atoms with E-state index in [9.17, 15) is 4.79 Å². The fourth-order valence-electron chi connectivity index (χ4n) is 2.92. The molecule has 0 aromatic heterocycles. The number of benzene rings is 2. The molecule has 0 heterocycles. The highest BCUT2D eigenvalue weighted by Crippen LogP contribution is 2.30. The van der Waals surface area contributed by atoms with Gasteiger partial charge in [-0.25, -0.2) is 0 Å². The maximum Gasteiger partial charge on any atom is 0.313 e. The molecule has 0 bridgehead atoms. The van der Waals surface area contributed by atoms with E-state index in [4.69, 9.17) is 9.47 Å². The number of esters is 1. The van der Waals surface area contributed by atoms with Gasteiger partial charge in [0.25, 0.3) is 0 Å². The van der Waals surface area contributed by atoms with Gasteiger partial charge in [-0.15, -0.1) is 0 Å². The highest BCUT2D eigenvalue weighted by molar-refractivity contribution is 5.77. The first-order chi connectivity index (χ1) is 12.5. The Labute approximate surface area is 156 Å². The van der Waals surface area contributed by atoms with E-state index in [0.717, 1.165) is 24.3 Å². The normalized spacial score (nSPS) is 12.3. The third-order valence-electron chi connectivity index (χ3n) is 4.67. The van der Waals surface area contributed by atoms with E-state index in [1.54, 1.807) is 7.11 Å². The van der Waals surface area contributed by atoms with Crippen molar-refractivity contribution in [3.63, 3.8) is 0 Å². The average molecular weight is 355 g/mol. The number of hydrogen-bond donors (Lipinski definition) is 1. The van der Waals surface area contributed by atoms with Crippen molar-refractivity contribution >= 4 is 11.7 Å². The summed E-state index contributed by atoms with van der Waals surface area (Å²) < 4.78 is 10.5. The SMILES string of the molecule is CCOC(=O)C(C)(C)C(CCc1ccccc1)Nc1ccc(OC)cc1. The molecule has 1 N–H and O–H groups in total. The molecule has 26 heavy (non-hydrogen) atoms. The summed E-state index contributed by atoms with van der Waals surface area (Å²) in [7, 11) is 1.65. The minimum absolute atomic E-state index is 0.0600. The molecule has 2 rings (SSSR count). The molecular weight excluding hydrogens is 326 g/mol. The van der Waals surface area contributed by atoms with Crippen molar-refractivity contribution < 1.29 is 14.3 Å². The summed E-state index contributed by atoms with van der Waals surface area (Å²) in [5.41, 5.74) is 1.57. The predicted molar refractivity (Wildman–Crippen MR) is 106 cm³/mol. The van der Waals surface area contributed by atoms with E-state index < -0.39 is 5.41 Å². The van der Waals surface area contributed by atoms with Crippen LogP contribution in [-0.4, -0.2) is 25.7 Å². The molecule has 2 aromatic carbocycles. The Kier molecular flexibility index (Phi) is 7.07. The van der Waals surface area contributed by atoms with Crippen LogP contribution in [-0.2, 0) is 16.0 Å². The molecular formula is C22H29NO3. The van der Waals surface area contributed by atoms with Gasteiger partial charge in [0.1, 0.15) is 5.75 Å². The fourth-order valence-corrected chi connectivity index (χ4v) is 2.92. The summed E-state index contributed by atoms with van der Waals surface area (Å²) in [6.45, 7) is 6.11. The van der Waals surface area contributed by atoms with E-state index in [1.165, 1.54) is 5.56 Å². The van der Waals surface area contributed by atoms with Crippen molar-refractivity contribution in [3.05, 3.63) is 60.2 Å². The first-order valence-electron chi connectivity index (χ1n) is 9.09. The number of nitrogens with one attached hydrogen (secondary N) is 1. The highest BCUT2D eigenvalue weighted by atomic mass is 16.5. The second-order valence-corrected chi connectivity index (χ2v) is 6.89. The maximum atomic E-state index is 12.5. The molecule has 140 valence electrons. The van der Waals surface area contributed by atoms with Crippen LogP contribution in [0.5, 0.6) is 5.75 Å². The van der Waals surface area contributed by atoms with Crippen LogP contribution < -0.4 is 10.1 Å². The molecule has 1 unspecified atom stereocenters. The second kappa shape index (κ2) is 9.27. The number of ether oxygens (including phenoxy) is 2. The quantitative estimate of drug-likeness (QED) is 0.663. The lowest BCUT2D eigenvalue weighted by molar-refractivity contribution is -0.154. The van der Waals surface area contributed by atoms with Crippen molar-refractivity contribution in [3.8, 4) is 5.75 Å². The first kappa shape index (κ1) is 19.8. The minimum atomic E-state index is -0.648. The van der Waals surface area contributed by atoms with Gasteiger partial charge in [0, 0.05) is 11.7 Å². The largest absolute Gasteiger partial charge is 0.497 e. The predicted octanol–water partition coefficient (Wildman–Crippen LogP) is 4.70. The number of methoxy groups -OCH3 is 1. The molecule has 2 aromatic rings. The van der Waals surface area contributed by atoms with Crippen LogP contribution >= 0.6 is 0 Å². The number of aryl methyl sites for hydroxylation is 1. The lowest BCUT2D eigenvalue weighted by atomic mass is 9.81. The van der Waals surface area contributed by atoms with Crippen molar-refractivity contribution in [2.45, 2.75) is 39.7 Å². The first-order valence-corrected chi connectivity index (χ1v) is 9.09. The van der Waals surface area contributed by atoms with Crippen LogP contribution in [0.2, 0.25) is 0 Å². The van der Waals surface area contributed by atoms with Gasteiger partial charge in [-0.05, 0) is 63.4 Å². The van der Waals surface area contributed by atoms with Gasteiger partial charge in [0.05, 0.1) is 19.1 Å². The zero-order valence-electron chi connectivity index (χ0n) is 16.1. The van der Waals surface area contributed by atoms with Gasteiger partial charge < -0.3 is 14.8 Å². The minimum Gasteiger partial charge on any atom is -0.497 e. The van der Waals surface area contributed by atoms with Crippen LogP contribution in [0.4, 0.5) is 5.69 Å². The molecule has 0 radical (unpaired) electrons. The summed E-state index contributed by atoms with van der Waals surface area (Å²) >= 11 is 0. The Morgan fingerprint density at radius 3 is 2.31 bits per heavy atom. The monoisotopic (exact) mass is 355 g/mol.